The minimum atomic E-state index is 0.459. The zero-order valence-corrected chi connectivity index (χ0v) is 8.58. The highest BCUT2D eigenvalue weighted by molar-refractivity contribution is 5.00. The zero-order chi connectivity index (χ0) is 9.68. The van der Waals surface area contributed by atoms with E-state index in [1.54, 1.807) is 6.26 Å². The summed E-state index contributed by atoms with van der Waals surface area (Å²) in [6.07, 6.45) is 2.67. The van der Waals surface area contributed by atoms with Gasteiger partial charge in [-0.05, 0) is 33.3 Å². The maximum Gasteiger partial charge on any atom is 0.105 e. The van der Waals surface area contributed by atoms with Crippen LogP contribution in [0.1, 0.15) is 5.76 Å². The molecule has 0 fully saturated rings. The van der Waals surface area contributed by atoms with Crippen molar-refractivity contribution < 1.29 is 4.42 Å². The number of hydrogen-bond acceptors (Lipinski definition) is 3. The molecule has 1 atom stereocenters. The van der Waals surface area contributed by atoms with Crippen molar-refractivity contribution in [2.75, 3.05) is 27.7 Å². The second-order valence-corrected chi connectivity index (χ2v) is 3.53. The first-order chi connectivity index (χ1) is 6.22. The molecule has 1 N–H and O–H groups in total. The van der Waals surface area contributed by atoms with Gasteiger partial charge < -0.3 is 14.6 Å². The van der Waals surface area contributed by atoms with Crippen LogP contribution in [-0.2, 0) is 6.42 Å². The van der Waals surface area contributed by atoms with E-state index in [-0.39, 0.29) is 0 Å². The van der Waals surface area contributed by atoms with E-state index in [4.69, 9.17) is 4.42 Å². The predicted octanol–water partition coefficient (Wildman–Crippen LogP) is 0.972. The van der Waals surface area contributed by atoms with Gasteiger partial charge >= 0.3 is 0 Å². The molecule has 0 aliphatic heterocycles. The molecule has 0 aliphatic rings. The lowest BCUT2D eigenvalue weighted by atomic mass is 10.1. The first-order valence-corrected chi connectivity index (χ1v) is 4.56. The molecule has 0 spiro atoms. The molecule has 0 saturated heterocycles. The average Bonchev–Trinajstić information content (AvgIpc) is 2.55. The summed E-state index contributed by atoms with van der Waals surface area (Å²) < 4.78 is 5.29. The van der Waals surface area contributed by atoms with Crippen LogP contribution in [0, 0.1) is 0 Å². The molecule has 3 nitrogen and oxygen atoms in total. The summed E-state index contributed by atoms with van der Waals surface area (Å²) in [4.78, 5) is 2.17. The summed E-state index contributed by atoms with van der Waals surface area (Å²) >= 11 is 0. The van der Waals surface area contributed by atoms with Gasteiger partial charge in [-0.25, -0.2) is 0 Å². The number of nitrogens with one attached hydrogen (secondary N) is 1. The molecular weight excluding hydrogens is 164 g/mol. The van der Waals surface area contributed by atoms with Crippen molar-refractivity contribution in [3.05, 3.63) is 24.2 Å². The van der Waals surface area contributed by atoms with Crippen LogP contribution in [0.5, 0.6) is 0 Å². The molecule has 1 aromatic rings. The molecule has 0 amide bonds. The molecule has 0 saturated carbocycles. The van der Waals surface area contributed by atoms with Gasteiger partial charge in [-0.2, -0.15) is 0 Å². The molecule has 1 unspecified atom stereocenters. The highest BCUT2D eigenvalue weighted by Gasteiger charge is 2.09. The summed E-state index contributed by atoms with van der Waals surface area (Å²) in [6.45, 7) is 1.02. The predicted molar refractivity (Wildman–Crippen MR) is 53.8 cm³/mol. The van der Waals surface area contributed by atoms with E-state index in [1.165, 1.54) is 0 Å². The van der Waals surface area contributed by atoms with Crippen molar-refractivity contribution in [3.63, 3.8) is 0 Å². The highest BCUT2D eigenvalue weighted by Crippen LogP contribution is 2.04. The van der Waals surface area contributed by atoms with Crippen molar-refractivity contribution in [2.24, 2.45) is 0 Å². The van der Waals surface area contributed by atoms with Gasteiger partial charge in [-0.3, -0.25) is 0 Å². The van der Waals surface area contributed by atoms with Crippen LogP contribution in [0.2, 0.25) is 0 Å². The first kappa shape index (κ1) is 10.3. The Kier molecular flexibility index (Phi) is 3.99. The fourth-order valence-corrected chi connectivity index (χ4v) is 1.37. The second kappa shape index (κ2) is 5.04. The SMILES string of the molecule is CNC(Cc1ccco1)CN(C)C. The number of rotatable bonds is 5. The van der Waals surface area contributed by atoms with Gasteiger partial charge in [0.05, 0.1) is 6.26 Å². The maximum atomic E-state index is 5.29. The van der Waals surface area contributed by atoms with Gasteiger partial charge in [0.2, 0.25) is 0 Å². The van der Waals surface area contributed by atoms with Crippen LogP contribution in [0.25, 0.3) is 0 Å². The van der Waals surface area contributed by atoms with Crippen LogP contribution in [0.3, 0.4) is 0 Å². The molecule has 74 valence electrons. The third kappa shape index (κ3) is 3.61. The normalized spacial score (nSPS) is 13.5. The topological polar surface area (TPSA) is 28.4 Å². The van der Waals surface area contributed by atoms with Crippen molar-refractivity contribution >= 4 is 0 Å². The molecule has 0 radical (unpaired) electrons. The number of furan rings is 1. The van der Waals surface area contributed by atoms with Crippen molar-refractivity contribution in [1.82, 2.24) is 10.2 Å². The van der Waals surface area contributed by atoms with E-state index in [2.05, 4.69) is 24.3 Å². The van der Waals surface area contributed by atoms with E-state index in [0.29, 0.717) is 6.04 Å². The van der Waals surface area contributed by atoms with Gasteiger partial charge in [0, 0.05) is 19.0 Å². The second-order valence-electron chi connectivity index (χ2n) is 3.53. The van der Waals surface area contributed by atoms with Crippen LogP contribution in [0.4, 0.5) is 0 Å². The monoisotopic (exact) mass is 182 g/mol. The standard InChI is InChI=1S/C10H18N2O/c1-11-9(8-12(2)3)7-10-5-4-6-13-10/h4-6,9,11H,7-8H2,1-3H3. The number of likely N-dealkylation sites (N-methyl/N-ethyl adjacent to an activating group) is 2. The Balaban J connectivity index is 2.40. The number of hydrogen-bond donors (Lipinski definition) is 1. The smallest absolute Gasteiger partial charge is 0.105 e. The first-order valence-electron chi connectivity index (χ1n) is 4.56. The molecule has 1 rings (SSSR count). The van der Waals surface area contributed by atoms with Gasteiger partial charge in [0.25, 0.3) is 0 Å². The molecule has 1 aromatic heterocycles. The Morgan fingerprint density at radius 2 is 2.31 bits per heavy atom. The maximum absolute atomic E-state index is 5.29. The van der Waals surface area contributed by atoms with Crippen molar-refractivity contribution in [1.29, 1.82) is 0 Å². The fourth-order valence-electron chi connectivity index (χ4n) is 1.37. The lowest BCUT2D eigenvalue weighted by molar-refractivity contribution is 0.334. The van der Waals surface area contributed by atoms with Gasteiger partial charge in [0.15, 0.2) is 0 Å². The Hall–Kier alpha value is -0.800. The summed E-state index contributed by atoms with van der Waals surface area (Å²) in [6, 6.07) is 4.40. The summed E-state index contributed by atoms with van der Waals surface area (Å²) in [7, 11) is 6.13. The third-order valence-corrected chi connectivity index (χ3v) is 2.02. The molecule has 0 aromatic carbocycles. The third-order valence-electron chi connectivity index (χ3n) is 2.02. The Bertz CT molecular complexity index is 219. The molecule has 0 aliphatic carbocycles. The van der Waals surface area contributed by atoms with Crippen LogP contribution < -0.4 is 5.32 Å². The van der Waals surface area contributed by atoms with Crippen LogP contribution in [-0.4, -0.2) is 38.6 Å². The quantitative estimate of drug-likeness (QED) is 0.735. The molecule has 3 heteroatoms. The lowest BCUT2D eigenvalue weighted by Crippen LogP contribution is -2.37. The van der Waals surface area contributed by atoms with Crippen molar-refractivity contribution in [3.8, 4) is 0 Å². The van der Waals surface area contributed by atoms with Gasteiger partial charge in [-0.1, -0.05) is 0 Å². The summed E-state index contributed by atoms with van der Waals surface area (Å²) in [5.74, 6) is 1.04. The van der Waals surface area contributed by atoms with E-state index in [1.807, 2.05) is 19.2 Å². The number of nitrogens with zero attached hydrogens (tertiary/aromatic N) is 1. The van der Waals surface area contributed by atoms with Gasteiger partial charge in [0.1, 0.15) is 5.76 Å². The minimum Gasteiger partial charge on any atom is -0.469 e. The molecule has 0 bridgehead atoms. The molecular formula is C10H18N2O. The largest absolute Gasteiger partial charge is 0.469 e. The van der Waals surface area contributed by atoms with Crippen molar-refractivity contribution in [2.45, 2.75) is 12.5 Å². The Labute approximate surface area is 79.7 Å². The van der Waals surface area contributed by atoms with E-state index in [0.717, 1.165) is 18.7 Å². The van der Waals surface area contributed by atoms with Gasteiger partial charge in [-0.15, -0.1) is 0 Å². The fraction of sp³-hybridized carbons (Fsp3) is 0.600. The molecule has 13 heavy (non-hydrogen) atoms. The minimum absolute atomic E-state index is 0.459. The Morgan fingerprint density at radius 1 is 1.54 bits per heavy atom. The van der Waals surface area contributed by atoms with Crippen LogP contribution >= 0.6 is 0 Å². The average molecular weight is 182 g/mol. The lowest BCUT2D eigenvalue weighted by Gasteiger charge is -2.19. The van der Waals surface area contributed by atoms with E-state index < -0.39 is 0 Å². The zero-order valence-electron chi connectivity index (χ0n) is 8.58. The van der Waals surface area contributed by atoms with E-state index in [9.17, 15) is 0 Å². The van der Waals surface area contributed by atoms with E-state index >= 15 is 0 Å². The summed E-state index contributed by atoms with van der Waals surface area (Å²) in [5, 5.41) is 3.27. The molecule has 1 heterocycles. The highest BCUT2D eigenvalue weighted by atomic mass is 16.3. The van der Waals surface area contributed by atoms with Crippen LogP contribution in [0.15, 0.2) is 22.8 Å². The Morgan fingerprint density at radius 3 is 2.77 bits per heavy atom. The summed E-state index contributed by atoms with van der Waals surface area (Å²) in [5.41, 5.74) is 0.